The number of benzene rings is 2. The second-order valence-corrected chi connectivity index (χ2v) is 12.4. The first-order valence-electron chi connectivity index (χ1n) is 15.2. The van der Waals surface area contributed by atoms with Gasteiger partial charge in [-0.2, -0.15) is 0 Å². The van der Waals surface area contributed by atoms with Gasteiger partial charge in [-0.3, -0.25) is 29.3 Å². The van der Waals surface area contributed by atoms with Gasteiger partial charge >= 0.3 is 5.69 Å². The SMILES string of the molecule is C.C.Nc1cccc(C(=O)N2CCC3(CCCC3=O)CC2)c1O.O=C(c1cccc([N+](=O)[O-])c1O)N1CCC2(CCCC2=O)CC1. The highest BCUT2D eigenvalue weighted by molar-refractivity contribution is 5.99. The van der Waals surface area contributed by atoms with E-state index in [9.17, 15) is 39.5 Å². The Labute approximate surface area is 269 Å². The van der Waals surface area contributed by atoms with Gasteiger partial charge in [0.05, 0.1) is 21.7 Å². The third-order valence-corrected chi connectivity index (χ3v) is 10.1. The minimum Gasteiger partial charge on any atom is -0.505 e. The number of Topliss-reactive ketones (excluding diaryl/α,β-unsaturated/α-hetero) is 2. The van der Waals surface area contributed by atoms with Gasteiger partial charge in [-0.15, -0.1) is 0 Å². The van der Waals surface area contributed by atoms with Crippen molar-refractivity contribution in [3.05, 3.63) is 57.6 Å². The van der Waals surface area contributed by atoms with Crippen molar-refractivity contribution in [3.63, 3.8) is 0 Å². The van der Waals surface area contributed by atoms with Crippen LogP contribution >= 0.6 is 0 Å². The van der Waals surface area contributed by atoms with Gasteiger partial charge in [0.1, 0.15) is 11.6 Å². The van der Waals surface area contributed by atoms with Crippen LogP contribution in [0.1, 0.15) is 99.8 Å². The molecular weight excluding hydrogens is 592 g/mol. The lowest BCUT2D eigenvalue weighted by Crippen LogP contribution is -2.44. The minimum absolute atomic E-state index is 0. The summed E-state index contributed by atoms with van der Waals surface area (Å²) in [6.07, 6.45) is 7.78. The third-order valence-electron chi connectivity index (χ3n) is 10.1. The first kappa shape index (κ1) is 36.0. The number of nitro benzene ring substituents is 1. The summed E-state index contributed by atoms with van der Waals surface area (Å²) in [6, 6.07) is 8.74. The molecule has 0 unspecified atom stereocenters. The van der Waals surface area contributed by atoms with Crippen LogP contribution in [0.5, 0.6) is 11.5 Å². The predicted octanol–water partition coefficient (Wildman–Crippen LogP) is 5.50. The molecule has 46 heavy (non-hydrogen) atoms. The molecule has 12 nitrogen and oxygen atoms in total. The van der Waals surface area contributed by atoms with Crippen molar-refractivity contribution in [1.82, 2.24) is 9.80 Å². The van der Waals surface area contributed by atoms with E-state index in [2.05, 4.69) is 0 Å². The van der Waals surface area contributed by atoms with E-state index < -0.39 is 22.3 Å². The zero-order chi connectivity index (χ0) is 31.6. The zero-order valence-corrected chi connectivity index (χ0v) is 24.6. The van der Waals surface area contributed by atoms with Crippen LogP contribution in [0.15, 0.2) is 36.4 Å². The summed E-state index contributed by atoms with van der Waals surface area (Å²) in [5.74, 6) is -0.727. The Balaban J connectivity index is 0.000000241. The Morgan fingerprint density at radius 3 is 1.52 bits per heavy atom. The smallest absolute Gasteiger partial charge is 0.311 e. The van der Waals surface area contributed by atoms with Crippen LogP contribution in [0.3, 0.4) is 0 Å². The number of aromatic hydroxyl groups is 2. The van der Waals surface area contributed by atoms with Gasteiger partial charge in [0.2, 0.25) is 5.75 Å². The lowest BCUT2D eigenvalue weighted by Gasteiger charge is -2.38. The highest BCUT2D eigenvalue weighted by Crippen LogP contribution is 2.45. The lowest BCUT2D eigenvalue weighted by molar-refractivity contribution is -0.385. The summed E-state index contributed by atoms with van der Waals surface area (Å²) < 4.78 is 0. The second-order valence-electron chi connectivity index (χ2n) is 12.4. The molecule has 2 aromatic carbocycles. The maximum absolute atomic E-state index is 12.5. The van der Waals surface area contributed by atoms with Gasteiger partial charge in [-0.25, -0.2) is 0 Å². The molecule has 2 aliphatic carbocycles. The molecule has 2 amide bonds. The number of ketones is 2. The second kappa shape index (κ2) is 14.3. The highest BCUT2D eigenvalue weighted by atomic mass is 16.6. The molecule has 250 valence electrons. The van der Waals surface area contributed by atoms with Crippen molar-refractivity contribution in [2.45, 2.75) is 79.1 Å². The van der Waals surface area contributed by atoms with Crippen molar-refractivity contribution in [2.75, 3.05) is 31.9 Å². The number of para-hydroxylation sites is 2. The van der Waals surface area contributed by atoms with E-state index in [0.29, 0.717) is 63.4 Å². The first-order chi connectivity index (χ1) is 21.0. The Bertz CT molecular complexity index is 1490. The number of piperidine rings is 2. The third kappa shape index (κ3) is 6.70. The van der Waals surface area contributed by atoms with E-state index in [-0.39, 0.29) is 54.2 Å². The molecule has 4 aliphatic rings. The molecule has 0 bridgehead atoms. The maximum atomic E-state index is 12.5. The summed E-state index contributed by atoms with van der Waals surface area (Å²) in [4.78, 5) is 62.5. The number of nitrogen functional groups attached to an aromatic ring is 1. The van der Waals surface area contributed by atoms with Gasteiger partial charge in [0.25, 0.3) is 11.8 Å². The minimum atomic E-state index is -0.714. The number of carbonyl (C=O) groups excluding carboxylic acids is 4. The fourth-order valence-corrected chi connectivity index (χ4v) is 7.24. The van der Waals surface area contributed by atoms with Crippen LogP contribution < -0.4 is 5.73 Å². The van der Waals surface area contributed by atoms with Crippen molar-refractivity contribution < 1.29 is 34.3 Å². The molecule has 6 rings (SSSR count). The molecule has 2 aliphatic heterocycles. The lowest BCUT2D eigenvalue weighted by atomic mass is 9.76. The Kier molecular flexibility index (Phi) is 11.2. The fraction of sp³-hybridized carbons (Fsp3) is 0.529. The molecule has 0 atom stereocenters. The normalized spacial score (nSPS) is 19.6. The Hall–Kier alpha value is -4.48. The van der Waals surface area contributed by atoms with Gasteiger partial charge in [-0.1, -0.05) is 27.0 Å². The molecule has 2 saturated carbocycles. The standard InChI is InChI=1S/C16H18N2O5.C16H20N2O3.2CH4/c19-13-5-2-6-16(13)7-9-17(10-8-16)15(21)11-3-1-4-12(14(11)20)18(22)23;17-12-4-1-3-11(14(12)20)15(21)18-9-7-16(8-10-18)6-2-5-13(16)19;;/h1,3-4,20H,2,5-10H2;1,3-4,20H,2,5-10,17H2;2*1H4. The van der Waals surface area contributed by atoms with Crippen LogP contribution in [-0.2, 0) is 9.59 Å². The topological polar surface area (TPSA) is 184 Å². The van der Waals surface area contributed by atoms with Crippen LogP contribution in [0, 0.1) is 20.9 Å². The largest absolute Gasteiger partial charge is 0.505 e. The quantitative estimate of drug-likeness (QED) is 0.169. The number of carbonyl (C=O) groups is 4. The van der Waals surface area contributed by atoms with E-state index in [4.69, 9.17) is 5.73 Å². The fourth-order valence-electron chi connectivity index (χ4n) is 7.24. The van der Waals surface area contributed by atoms with Crippen molar-refractivity contribution in [1.29, 1.82) is 0 Å². The molecule has 12 heteroatoms. The van der Waals surface area contributed by atoms with Crippen LogP contribution in [-0.4, -0.2) is 74.5 Å². The molecular formula is C34H46N4O8. The van der Waals surface area contributed by atoms with Crippen LogP contribution in [0.4, 0.5) is 11.4 Å². The number of phenolic OH excluding ortho intramolecular Hbond substituents is 2. The molecule has 0 aromatic heterocycles. The van der Waals surface area contributed by atoms with Crippen molar-refractivity contribution >= 4 is 34.8 Å². The number of hydrogen-bond donors (Lipinski definition) is 3. The average molecular weight is 639 g/mol. The predicted molar refractivity (Wildman–Crippen MR) is 174 cm³/mol. The van der Waals surface area contributed by atoms with E-state index in [1.165, 1.54) is 12.1 Å². The number of hydrogen-bond acceptors (Lipinski definition) is 9. The van der Waals surface area contributed by atoms with Crippen LogP contribution in [0.25, 0.3) is 0 Å². The molecule has 2 aromatic rings. The van der Waals surface area contributed by atoms with Gasteiger partial charge in [0, 0.05) is 55.9 Å². The van der Waals surface area contributed by atoms with E-state index >= 15 is 0 Å². The Morgan fingerprint density at radius 2 is 1.13 bits per heavy atom. The highest BCUT2D eigenvalue weighted by Gasteiger charge is 2.46. The van der Waals surface area contributed by atoms with Crippen molar-refractivity contribution in [2.24, 2.45) is 10.8 Å². The van der Waals surface area contributed by atoms with Crippen molar-refractivity contribution in [3.8, 4) is 11.5 Å². The number of amides is 2. The summed E-state index contributed by atoms with van der Waals surface area (Å²) in [6.45, 7) is 2.01. The molecule has 4 N–H and O–H groups in total. The number of rotatable bonds is 3. The van der Waals surface area contributed by atoms with Crippen LogP contribution in [0.2, 0.25) is 0 Å². The number of nitrogens with zero attached hydrogens (tertiary/aromatic N) is 3. The summed E-state index contributed by atoms with van der Waals surface area (Å²) in [5, 5.41) is 30.7. The number of nitrogens with two attached hydrogens (primary N) is 1. The number of likely N-dealkylation sites (tertiary alicyclic amines) is 2. The first-order valence-corrected chi connectivity index (χ1v) is 15.2. The Morgan fingerprint density at radius 1 is 0.717 bits per heavy atom. The summed E-state index contributed by atoms with van der Waals surface area (Å²) in [5.41, 5.74) is 5.08. The van der Waals surface area contributed by atoms with E-state index in [1.807, 2.05) is 0 Å². The molecule has 2 heterocycles. The summed E-state index contributed by atoms with van der Waals surface area (Å²) >= 11 is 0. The maximum Gasteiger partial charge on any atom is 0.311 e. The molecule has 2 spiro atoms. The number of nitro groups is 1. The monoisotopic (exact) mass is 638 g/mol. The van der Waals surface area contributed by atoms with Gasteiger partial charge < -0.3 is 25.7 Å². The number of phenols is 2. The molecule has 0 radical (unpaired) electrons. The molecule has 4 fully saturated rings. The summed E-state index contributed by atoms with van der Waals surface area (Å²) in [7, 11) is 0. The van der Waals surface area contributed by atoms with Gasteiger partial charge in [-0.05, 0) is 69.6 Å². The van der Waals surface area contributed by atoms with E-state index in [1.54, 1.807) is 28.0 Å². The zero-order valence-electron chi connectivity index (χ0n) is 24.6. The average Bonchev–Trinajstić information content (AvgIpc) is 3.55. The van der Waals surface area contributed by atoms with Gasteiger partial charge in [0.15, 0.2) is 5.75 Å². The molecule has 2 saturated heterocycles. The number of anilines is 1. The van der Waals surface area contributed by atoms with E-state index in [0.717, 1.165) is 44.6 Å².